The Bertz CT molecular complexity index is 782. The Morgan fingerprint density at radius 3 is 2.50 bits per heavy atom. The van der Waals surface area contributed by atoms with Crippen molar-refractivity contribution >= 4 is 11.8 Å². The Kier molecular flexibility index (Phi) is 3.85. The Balaban J connectivity index is 1.53. The molecule has 0 amide bonds. The summed E-state index contributed by atoms with van der Waals surface area (Å²) in [5, 5.41) is 3.87. The molecule has 26 heavy (non-hydrogen) atoms. The number of aromatic nitrogens is 2. The van der Waals surface area contributed by atoms with Crippen molar-refractivity contribution in [3.05, 3.63) is 47.2 Å². The van der Waals surface area contributed by atoms with Crippen LogP contribution in [0.3, 0.4) is 0 Å². The lowest BCUT2D eigenvalue weighted by molar-refractivity contribution is 0.0988. The zero-order chi connectivity index (χ0) is 17.6. The van der Waals surface area contributed by atoms with E-state index in [0.717, 1.165) is 24.4 Å². The molecule has 3 N–H and O–H groups in total. The van der Waals surface area contributed by atoms with E-state index in [-0.39, 0.29) is 5.54 Å². The quantitative estimate of drug-likeness (QED) is 0.891. The normalized spacial score (nSPS) is 30.0. The van der Waals surface area contributed by atoms with Gasteiger partial charge in [0.05, 0.1) is 5.69 Å². The van der Waals surface area contributed by atoms with E-state index in [9.17, 15) is 0 Å². The van der Waals surface area contributed by atoms with Crippen LogP contribution in [0, 0.1) is 0 Å². The maximum Gasteiger partial charge on any atom is 0.222 e. The van der Waals surface area contributed by atoms with Crippen molar-refractivity contribution in [3.8, 4) is 0 Å². The smallest absolute Gasteiger partial charge is 0.222 e. The van der Waals surface area contributed by atoms with E-state index in [1.807, 2.05) is 0 Å². The van der Waals surface area contributed by atoms with E-state index in [4.69, 9.17) is 10.7 Å². The lowest BCUT2D eigenvalue weighted by Crippen LogP contribution is -2.56. The number of anilines is 2. The van der Waals surface area contributed by atoms with Crippen LogP contribution >= 0.6 is 0 Å². The van der Waals surface area contributed by atoms with Crippen molar-refractivity contribution < 1.29 is 0 Å². The second-order valence-corrected chi connectivity index (χ2v) is 8.15. The van der Waals surface area contributed by atoms with Gasteiger partial charge in [-0.1, -0.05) is 30.3 Å². The molecule has 4 aliphatic rings. The number of nitrogens with zero attached hydrogens (tertiary/aromatic N) is 3. The zero-order valence-electron chi connectivity index (χ0n) is 15.2. The molecule has 1 aromatic heterocycles. The third kappa shape index (κ3) is 2.75. The van der Waals surface area contributed by atoms with Crippen LogP contribution < -0.4 is 11.1 Å². The monoisotopic (exact) mass is 349 g/mol. The van der Waals surface area contributed by atoms with Crippen molar-refractivity contribution in [2.24, 2.45) is 0 Å². The van der Waals surface area contributed by atoms with Crippen molar-refractivity contribution in [1.82, 2.24) is 14.9 Å². The molecule has 0 spiro atoms. The summed E-state index contributed by atoms with van der Waals surface area (Å²) in [6, 6.07) is 10.7. The summed E-state index contributed by atoms with van der Waals surface area (Å²) in [5.74, 6) is 1.73. The Hall–Kier alpha value is -2.14. The highest BCUT2D eigenvalue weighted by Gasteiger charge is 2.40. The summed E-state index contributed by atoms with van der Waals surface area (Å²) in [6.45, 7) is 3.59. The largest absolute Gasteiger partial charge is 0.368 e. The van der Waals surface area contributed by atoms with Gasteiger partial charge in [0, 0.05) is 36.7 Å². The molecule has 0 saturated carbocycles. The summed E-state index contributed by atoms with van der Waals surface area (Å²) < 4.78 is 0. The summed E-state index contributed by atoms with van der Waals surface area (Å²) >= 11 is 0. The molecule has 1 aliphatic carbocycles. The van der Waals surface area contributed by atoms with Crippen molar-refractivity contribution in [3.63, 3.8) is 0 Å². The van der Waals surface area contributed by atoms with Crippen molar-refractivity contribution in [1.29, 1.82) is 0 Å². The molecule has 3 aliphatic heterocycles. The van der Waals surface area contributed by atoms with Crippen LogP contribution in [0.5, 0.6) is 0 Å². The summed E-state index contributed by atoms with van der Waals surface area (Å²) in [7, 11) is 0. The lowest BCUT2D eigenvalue weighted by Gasteiger charge is -2.49. The van der Waals surface area contributed by atoms with Gasteiger partial charge in [0.1, 0.15) is 5.82 Å². The molecule has 3 fully saturated rings. The van der Waals surface area contributed by atoms with E-state index in [2.05, 4.69) is 45.5 Å². The van der Waals surface area contributed by atoms with Gasteiger partial charge in [0.2, 0.25) is 5.95 Å². The molecule has 6 rings (SSSR count). The SMILES string of the molecule is Nc1nc(NC23CCN(CC2)CC3)c2c(n1)C(c1ccccc1)CCC2. The second kappa shape index (κ2) is 6.23. The van der Waals surface area contributed by atoms with Gasteiger partial charge in [-0.3, -0.25) is 0 Å². The fourth-order valence-electron chi connectivity index (χ4n) is 5.05. The number of benzene rings is 1. The average molecular weight is 349 g/mol. The van der Waals surface area contributed by atoms with Crippen molar-refractivity contribution in [2.45, 2.75) is 50.0 Å². The molecule has 4 heterocycles. The third-order valence-electron chi connectivity index (χ3n) is 6.61. The molecule has 5 nitrogen and oxygen atoms in total. The third-order valence-corrected chi connectivity index (χ3v) is 6.61. The number of piperidine rings is 3. The van der Waals surface area contributed by atoms with Crippen LogP contribution in [0.25, 0.3) is 0 Å². The fraction of sp³-hybridized carbons (Fsp3) is 0.524. The van der Waals surface area contributed by atoms with E-state index in [0.29, 0.717) is 11.9 Å². The van der Waals surface area contributed by atoms with Gasteiger partial charge >= 0.3 is 0 Å². The number of nitrogen functional groups attached to an aromatic ring is 1. The standard InChI is InChI=1S/C21H27N5/c22-20-23-18-16(15-5-2-1-3-6-15)7-4-8-17(18)19(24-20)25-21-9-12-26(13-10-21)14-11-21/h1-3,5-6,16H,4,7-14H2,(H3,22,23,24,25). The molecule has 1 atom stereocenters. The number of hydrogen-bond donors (Lipinski definition) is 2. The van der Waals surface area contributed by atoms with Crippen LogP contribution in [0.15, 0.2) is 30.3 Å². The second-order valence-electron chi connectivity index (χ2n) is 8.15. The van der Waals surface area contributed by atoms with Gasteiger partial charge in [0.15, 0.2) is 0 Å². The topological polar surface area (TPSA) is 67.1 Å². The number of rotatable bonds is 3. The Labute approximate surface area is 155 Å². The predicted molar refractivity (Wildman–Crippen MR) is 104 cm³/mol. The van der Waals surface area contributed by atoms with Gasteiger partial charge in [-0.25, -0.2) is 4.98 Å². The fourth-order valence-corrected chi connectivity index (χ4v) is 5.05. The molecule has 1 unspecified atom stereocenters. The molecule has 1 aromatic carbocycles. The molecule has 2 bridgehead atoms. The van der Waals surface area contributed by atoms with Crippen LogP contribution in [0.2, 0.25) is 0 Å². The zero-order valence-corrected chi connectivity index (χ0v) is 15.2. The first-order valence-electron chi connectivity index (χ1n) is 9.94. The lowest BCUT2D eigenvalue weighted by atomic mass is 9.79. The van der Waals surface area contributed by atoms with Crippen LogP contribution in [0.4, 0.5) is 11.8 Å². The number of nitrogens with two attached hydrogens (primary N) is 1. The molecule has 2 aromatic rings. The highest BCUT2D eigenvalue weighted by Crippen LogP contribution is 2.41. The molecule has 5 heteroatoms. The van der Waals surface area contributed by atoms with Gasteiger partial charge in [-0.05, 0) is 44.1 Å². The predicted octanol–water partition coefficient (Wildman–Crippen LogP) is 3.18. The highest BCUT2D eigenvalue weighted by molar-refractivity contribution is 5.55. The van der Waals surface area contributed by atoms with Crippen LogP contribution in [-0.4, -0.2) is 40.0 Å². The van der Waals surface area contributed by atoms with Gasteiger partial charge in [-0.2, -0.15) is 4.98 Å². The maximum atomic E-state index is 6.15. The maximum absolute atomic E-state index is 6.15. The number of nitrogens with one attached hydrogen (secondary N) is 1. The minimum atomic E-state index is 0.197. The summed E-state index contributed by atoms with van der Waals surface area (Å²) in [5.41, 5.74) is 10.1. The molecular weight excluding hydrogens is 322 g/mol. The summed E-state index contributed by atoms with van der Waals surface area (Å²) in [4.78, 5) is 11.9. The van der Waals surface area contributed by atoms with E-state index < -0.39 is 0 Å². The van der Waals surface area contributed by atoms with E-state index >= 15 is 0 Å². The van der Waals surface area contributed by atoms with Crippen LogP contribution in [0.1, 0.15) is 54.8 Å². The first-order chi connectivity index (χ1) is 12.7. The van der Waals surface area contributed by atoms with E-state index in [1.54, 1.807) is 0 Å². The summed E-state index contributed by atoms with van der Waals surface area (Å²) in [6.07, 6.45) is 6.96. The van der Waals surface area contributed by atoms with Crippen molar-refractivity contribution in [2.75, 3.05) is 30.7 Å². The Morgan fingerprint density at radius 1 is 1.04 bits per heavy atom. The molecule has 136 valence electrons. The highest BCUT2D eigenvalue weighted by atomic mass is 15.2. The van der Waals surface area contributed by atoms with Crippen LogP contribution in [-0.2, 0) is 6.42 Å². The van der Waals surface area contributed by atoms with E-state index in [1.165, 1.54) is 56.4 Å². The molecule has 3 saturated heterocycles. The number of fused-ring (bicyclic) bond motifs is 4. The molecular formula is C21H27N5. The minimum Gasteiger partial charge on any atom is -0.368 e. The minimum absolute atomic E-state index is 0.197. The van der Waals surface area contributed by atoms with Gasteiger partial charge in [0.25, 0.3) is 0 Å². The number of hydrogen-bond acceptors (Lipinski definition) is 5. The molecule has 0 radical (unpaired) electrons. The Morgan fingerprint density at radius 2 is 1.77 bits per heavy atom. The van der Waals surface area contributed by atoms with Gasteiger partial charge < -0.3 is 16.0 Å². The first-order valence-corrected chi connectivity index (χ1v) is 9.94. The average Bonchev–Trinajstić information content (AvgIpc) is 2.69. The first kappa shape index (κ1) is 16.1. The van der Waals surface area contributed by atoms with Gasteiger partial charge in [-0.15, -0.1) is 0 Å².